The van der Waals surface area contributed by atoms with E-state index in [4.69, 9.17) is 11.5 Å². The molecule has 0 aliphatic carbocycles. The third-order valence-corrected chi connectivity index (χ3v) is 0.111. The molecule has 6 N–H and O–H groups in total. The molecule has 0 aromatic rings. The Bertz CT molecular complexity index is 26.7. The monoisotopic (exact) mass is 139 g/mol. The van der Waals surface area contributed by atoms with Crippen LogP contribution >= 0.6 is 0 Å². The van der Waals surface area contributed by atoms with Gasteiger partial charge < -0.3 is 16.9 Å². The molecular formula is C2H8CuN2O. The molecule has 0 spiro atoms. The molecule has 0 saturated carbocycles. The van der Waals surface area contributed by atoms with Crippen LogP contribution in [0.1, 0.15) is 0 Å². The van der Waals surface area contributed by atoms with Crippen LogP contribution in [0.25, 0.3) is 0 Å². The van der Waals surface area contributed by atoms with Crippen molar-refractivity contribution in [2.75, 3.05) is 0 Å². The number of nitrogens with two attached hydrogens (primary N) is 2. The van der Waals surface area contributed by atoms with E-state index in [0.29, 0.717) is 0 Å². The summed E-state index contributed by atoms with van der Waals surface area (Å²) in [5.74, 6) is 0. The topological polar surface area (TPSA) is 83.5 Å². The van der Waals surface area contributed by atoms with Gasteiger partial charge in [0.2, 0.25) is 0 Å². The summed E-state index contributed by atoms with van der Waals surface area (Å²) in [6.45, 7) is 0. The van der Waals surface area contributed by atoms with Gasteiger partial charge in [-0.05, 0) is 0 Å². The van der Waals surface area contributed by atoms with Gasteiger partial charge in [-0.25, -0.2) is 0 Å². The van der Waals surface area contributed by atoms with Crippen molar-refractivity contribution in [1.29, 1.82) is 0 Å². The van der Waals surface area contributed by atoms with Gasteiger partial charge in [0.25, 0.3) is 0 Å². The largest absolute Gasteiger partial charge is 0.412 e. The van der Waals surface area contributed by atoms with Crippen molar-refractivity contribution in [2.45, 2.75) is 0 Å². The molecule has 4 heteroatoms. The quantitative estimate of drug-likeness (QED) is 0.403. The summed E-state index contributed by atoms with van der Waals surface area (Å²) in [7, 11) is 0. The Balaban J connectivity index is -0.0000000450. The normalized spacial score (nSPS) is 6.00. The van der Waals surface area contributed by atoms with Crippen LogP contribution in [0.3, 0.4) is 0 Å². The molecule has 0 atom stereocenters. The fourth-order valence-electron chi connectivity index (χ4n) is 0. The first-order valence-corrected chi connectivity index (χ1v) is 1.00. The van der Waals surface area contributed by atoms with Crippen molar-refractivity contribution in [3.8, 4) is 0 Å². The van der Waals surface area contributed by atoms with Crippen molar-refractivity contribution >= 4 is 0 Å². The average Bonchev–Trinajstić information content (AvgIpc) is 1.37. The van der Waals surface area contributed by atoms with Gasteiger partial charge >= 0.3 is 0 Å². The van der Waals surface area contributed by atoms with E-state index in [0.717, 1.165) is 0 Å². The molecule has 0 rings (SSSR count). The van der Waals surface area contributed by atoms with Gasteiger partial charge in [0.05, 0.1) is 0 Å². The summed E-state index contributed by atoms with van der Waals surface area (Å²) in [6, 6.07) is 0. The molecule has 0 unspecified atom stereocenters. The van der Waals surface area contributed by atoms with Crippen molar-refractivity contribution < 1.29 is 22.5 Å². The van der Waals surface area contributed by atoms with Crippen LogP contribution in [-0.2, 0) is 17.1 Å². The minimum atomic E-state index is 0. The second-order valence-corrected chi connectivity index (χ2v) is 0.385. The third kappa shape index (κ3) is 45.2. The zero-order valence-electron chi connectivity index (χ0n) is 3.11. The van der Waals surface area contributed by atoms with E-state index >= 15 is 0 Å². The number of hydrogen-bond donors (Lipinski definition) is 2. The third-order valence-electron chi connectivity index (χ3n) is 0.111. The first-order chi connectivity index (χ1) is 1.91. The number of hydrogen-bond acceptors (Lipinski definition) is 2. The van der Waals surface area contributed by atoms with Gasteiger partial charge in [-0.3, -0.25) is 0 Å². The molecule has 0 aromatic carbocycles. The standard InChI is InChI=1S/C2H6N2.Cu.H2O/c3-1-2-4;;/h1-2H,3-4H2;;1H2/b2-1+;;. The second-order valence-electron chi connectivity index (χ2n) is 0.385. The predicted octanol–water partition coefficient (Wildman–Crippen LogP) is -1.45. The first-order valence-electron chi connectivity index (χ1n) is 1.00. The molecule has 0 bridgehead atoms. The fourth-order valence-corrected chi connectivity index (χ4v) is 0. The van der Waals surface area contributed by atoms with Crippen LogP contribution in [0.5, 0.6) is 0 Å². The summed E-state index contributed by atoms with van der Waals surface area (Å²) in [4.78, 5) is 0. The zero-order valence-corrected chi connectivity index (χ0v) is 4.05. The van der Waals surface area contributed by atoms with Gasteiger partial charge in [-0.2, -0.15) is 0 Å². The summed E-state index contributed by atoms with van der Waals surface area (Å²) in [5, 5.41) is 0. The van der Waals surface area contributed by atoms with E-state index < -0.39 is 0 Å². The smallest absolute Gasteiger partial charge is 0.00957 e. The van der Waals surface area contributed by atoms with Crippen molar-refractivity contribution in [2.24, 2.45) is 11.5 Å². The van der Waals surface area contributed by atoms with Gasteiger partial charge in [0, 0.05) is 29.5 Å². The fraction of sp³-hybridized carbons (Fsp3) is 0. The van der Waals surface area contributed by atoms with Crippen LogP contribution in [0.2, 0.25) is 0 Å². The minimum Gasteiger partial charge on any atom is -0.412 e. The molecule has 0 heterocycles. The molecule has 1 radical (unpaired) electrons. The Morgan fingerprint density at radius 2 is 1.17 bits per heavy atom. The predicted molar refractivity (Wildman–Crippen MR) is 21.1 cm³/mol. The van der Waals surface area contributed by atoms with E-state index in [9.17, 15) is 0 Å². The molecule has 0 saturated heterocycles. The molecular weight excluding hydrogens is 132 g/mol. The summed E-state index contributed by atoms with van der Waals surface area (Å²) in [5.41, 5.74) is 9.44. The SMILES string of the molecule is N/C=C/N.O.[Cu]. The molecule has 43 valence electrons. The maximum Gasteiger partial charge on any atom is 0.00957 e. The maximum atomic E-state index is 4.72. The zero-order chi connectivity index (χ0) is 3.41. The molecule has 0 amide bonds. The van der Waals surface area contributed by atoms with Crippen LogP contribution in [0.15, 0.2) is 12.4 Å². The second kappa shape index (κ2) is 21.2. The molecule has 6 heavy (non-hydrogen) atoms. The first kappa shape index (κ1) is 17.0. The Labute approximate surface area is 47.2 Å². The Morgan fingerprint density at radius 3 is 1.17 bits per heavy atom. The molecule has 0 aromatic heterocycles. The van der Waals surface area contributed by atoms with Crippen molar-refractivity contribution in [3.63, 3.8) is 0 Å². The van der Waals surface area contributed by atoms with Gasteiger partial charge in [-0.1, -0.05) is 0 Å². The molecule has 3 nitrogen and oxygen atoms in total. The van der Waals surface area contributed by atoms with Gasteiger partial charge in [0.15, 0.2) is 0 Å². The van der Waals surface area contributed by atoms with Crippen molar-refractivity contribution in [1.82, 2.24) is 0 Å². The van der Waals surface area contributed by atoms with E-state index in [1.807, 2.05) is 0 Å². The van der Waals surface area contributed by atoms with Crippen LogP contribution in [0.4, 0.5) is 0 Å². The van der Waals surface area contributed by atoms with E-state index in [2.05, 4.69) is 0 Å². The summed E-state index contributed by atoms with van der Waals surface area (Å²) >= 11 is 0. The van der Waals surface area contributed by atoms with Crippen molar-refractivity contribution in [3.05, 3.63) is 12.4 Å². The minimum absolute atomic E-state index is 0. The number of rotatable bonds is 0. The Morgan fingerprint density at radius 1 is 1.00 bits per heavy atom. The average molecular weight is 140 g/mol. The van der Waals surface area contributed by atoms with Crippen LogP contribution in [0, 0.1) is 0 Å². The summed E-state index contributed by atoms with van der Waals surface area (Å²) in [6.07, 6.45) is 2.56. The van der Waals surface area contributed by atoms with E-state index in [1.54, 1.807) is 0 Å². The van der Waals surface area contributed by atoms with Crippen LogP contribution < -0.4 is 11.5 Å². The van der Waals surface area contributed by atoms with Gasteiger partial charge in [0.1, 0.15) is 0 Å². The molecule has 0 fully saturated rings. The van der Waals surface area contributed by atoms with Crippen LogP contribution in [-0.4, -0.2) is 5.48 Å². The Kier molecular flexibility index (Phi) is 60.2. The molecule has 0 aliphatic heterocycles. The Hall–Kier alpha value is -0.181. The van der Waals surface area contributed by atoms with E-state index in [-0.39, 0.29) is 22.5 Å². The summed E-state index contributed by atoms with van der Waals surface area (Å²) < 4.78 is 0. The maximum absolute atomic E-state index is 4.72. The van der Waals surface area contributed by atoms with Gasteiger partial charge in [-0.15, -0.1) is 0 Å². The molecule has 0 aliphatic rings. The van der Waals surface area contributed by atoms with E-state index in [1.165, 1.54) is 12.4 Å².